The molecule has 0 saturated carbocycles. The van der Waals surface area contributed by atoms with Crippen LogP contribution in [0.25, 0.3) is 0 Å². The summed E-state index contributed by atoms with van der Waals surface area (Å²) in [6, 6.07) is 7.05. The molecule has 1 N–H and O–H groups in total. The lowest BCUT2D eigenvalue weighted by Gasteiger charge is -2.24. The van der Waals surface area contributed by atoms with Crippen molar-refractivity contribution in [1.29, 1.82) is 0 Å². The molecule has 112 valence electrons. The Hall–Kier alpha value is -1.56. The number of ether oxygens (including phenoxy) is 1. The van der Waals surface area contributed by atoms with Gasteiger partial charge in [0.25, 0.3) is 0 Å². The second-order valence-corrected chi connectivity index (χ2v) is 4.44. The zero-order chi connectivity index (χ0) is 15.2. The Morgan fingerprint density at radius 3 is 2.35 bits per heavy atom. The summed E-state index contributed by atoms with van der Waals surface area (Å²) in [4.78, 5) is 11.0. The van der Waals surface area contributed by atoms with Crippen molar-refractivity contribution in [3.8, 4) is 0 Å². The van der Waals surface area contributed by atoms with Crippen molar-refractivity contribution in [2.75, 3.05) is 0 Å². The van der Waals surface area contributed by atoms with Gasteiger partial charge < -0.3 is 9.84 Å². The number of alkyl halides is 3. The standard InChI is InChI=1S/C14H17F3O3/c1-2-3-9-11(13(18)19)20-12(14(15,16)17)10-7-5-4-6-8-10/h4-8,11-12H,2-3,9H2,1H3,(H,18,19). The Morgan fingerprint density at radius 1 is 1.30 bits per heavy atom. The molecule has 0 aliphatic carbocycles. The molecule has 2 unspecified atom stereocenters. The van der Waals surface area contributed by atoms with Crippen molar-refractivity contribution in [2.45, 2.75) is 44.6 Å². The number of rotatable bonds is 7. The first-order valence-corrected chi connectivity index (χ1v) is 6.36. The van der Waals surface area contributed by atoms with Crippen molar-refractivity contribution in [3.63, 3.8) is 0 Å². The van der Waals surface area contributed by atoms with Crippen LogP contribution in [0.5, 0.6) is 0 Å². The molecular formula is C14H17F3O3. The van der Waals surface area contributed by atoms with E-state index in [0.29, 0.717) is 12.8 Å². The van der Waals surface area contributed by atoms with Crippen molar-refractivity contribution in [3.05, 3.63) is 35.9 Å². The highest BCUT2D eigenvalue weighted by Crippen LogP contribution is 2.37. The molecule has 0 spiro atoms. The number of unbranched alkanes of at least 4 members (excludes halogenated alkanes) is 1. The Bertz CT molecular complexity index is 417. The summed E-state index contributed by atoms with van der Waals surface area (Å²) in [5, 5.41) is 8.97. The molecule has 0 saturated heterocycles. The van der Waals surface area contributed by atoms with Crippen molar-refractivity contribution >= 4 is 5.97 Å². The molecule has 0 radical (unpaired) electrons. The van der Waals surface area contributed by atoms with E-state index in [0.717, 1.165) is 0 Å². The number of benzene rings is 1. The second-order valence-electron chi connectivity index (χ2n) is 4.44. The molecular weight excluding hydrogens is 273 g/mol. The third kappa shape index (κ3) is 4.85. The smallest absolute Gasteiger partial charge is 0.418 e. The molecule has 6 heteroatoms. The number of carboxylic acids is 1. The number of carboxylic acid groups (broad SMARTS) is 1. The van der Waals surface area contributed by atoms with Gasteiger partial charge in [0.15, 0.2) is 12.2 Å². The fourth-order valence-corrected chi connectivity index (χ4v) is 1.78. The first-order valence-electron chi connectivity index (χ1n) is 6.36. The van der Waals surface area contributed by atoms with Gasteiger partial charge in [-0.1, -0.05) is 50.1 Å². The lowest BCUT2D eigenvalue weighted by Crippen LogP contribution is -2.32. The van der Waals surface area contributed by atoms with Gasteiger partial charge >= 0.3 is 12.1 Å². The molecule has 20 heavy (non-hydrogen) atoms. The van der Waals surface area contributed by atoms with Crippen molar-refractivity contribution < 1.29 is 27.8 Å². The SMILES string of the molecule is CCCCC(OC(c1ccccc1)C(F)(F)F)C(=O)O. The van der Waals surface area contributed by atoms with Gasteiger partial charge in [-0.3, -0.25) is 0 Å². The lowest BCUT2D eigenvalue weighted by molar-refractivity contribution is -0.238. The molecule has 1 rings (SSSR count). The fraction of sp³-hybridized carbons (Fsp3) is 0.500. The minimum absolute atomic E-state index is 0.0608. The Kier molecular flexibility index (Phi) is 6.01. The van der Waals surface area contributed by atoms with Crippen LogP contribution in [-0.4, -0.2) is 23.4 Å². The van der Waals surface area contributed by atoms with Crippen LogP contribution in [0.3, 0.4) is 0 Å². The van der Waals surface area contributed by atoms with E-state index in [1.807, 2.05) is 6.92 Å². The highest BCUT2D eigenvalue weighted by atomic mass is 19.4. The number of halogens is 3. The number of hydrogen-bond donors (Lipinski definition) is 1. The van der Waals surface area contributed by atoms with Gasteiger partial charge in [-0.15, -0.1) is 0 Å². The summed E-state index contributed by atoms with van der Waals surface area (Å²) < 4.78 is 43.9. The van der Waals surface area contributed by atoms with Gasteiger partial charge in [0.1, 0.15) is 0 Å². The molecule has 0 heterocycles. The summed E-state index contributed by atoms with van der Waals surface area (Å²) in [6.45, 7) is 1.83. The van der Waals surface area contributed by atoms with Gasteiger partial charge in [-0.05, 0) is 12.0 Å². The summed E-state index contributed by atoms with van der Waals surface area (Å²) >= 11 is 0. The molecule has 1 aromatic carbocycles. The zero-order valence-corrected chi connectivity index (χ0v) is 11.1. The molecule has 0 aliphatic rings. The van der Waals surface area contributed by atoms with E-state index in [-0.39, 0.29) is 12.0 Å². The van der Waals surface area contributed by atoms with Gasteiger partial charge in [0.05, 0.1) is 0 Å². The van der Waals surface area contributed by atoms with Crippen LogP contribution in [0.1, 0.15) is 37.9 Å². The van der Waals surface area contributed by atoms with Crippen LogP contribution in [0, 0.1) is 0 Å². The first-order chi connectivity index (χ1) is 9.36. The predicted molar refractivity (Wildman–Crippen MR) is 67.3 cm³/mol. The third-order valence-corrected chi connectivity index (χ3v) is 2.80. The zero-order valence-electron chi connectivity index (χ0n) is 11.1. The minimum atomic E-state index is -4.65. The van der Waals surface area contributed by atoms with Crippen LogP contribution >= 0.6 is 0 Å². The van der Waals surface area contributed by atoms with Crippen molar-refractivity contribution in [2.24, 2.45) is 0 Å². The molecule has 0 aliphatic heterocycles. The number of aliphatic carboxylic acids is 1. The summed E-state index contributed by atoms with van der Waals surface area (Å²) in [5.41, 5.74) is -0.0947. The van der Waals surface area contributed by atoms with Gasteiger partial charge in [0, 0.05) is 0 Å². The average molecular weight is 290 g/mol. The molecule has 0 amide bonds. The largest absolute Gasteiger partial charge is 0.479 e. The summed E-state index contributed by atoms with van der Waals surface area (Å²) in [7, 11) is 0. The third-order valence-electron chi connectivity index (χ3n) is 2.80. The normalized spacial score (nSPS) is 14.8. The van der Waals surface area contributed by atoms with Gasteiger partial charge in [0.2, 0.25) is 0 Å². The highest BCUT2D eigenvalue weighted by molar-refractivity contribution is 5.72. The van der Waals surface area contributed by atoms with Crippen LogP contribution in [-0.2, 0) is 9.53 Å². The summed E-state index contributed by atoms with van der Waals surface area (Å²) in [6.07, 6.45) is -7.08. The molecule has 0 aromatic heterocycles. The highest BCUT2D eigenvalue weighted by Gasteiger charge is 2.44. The molecule has 0 fully saturated rings. The van der Waals surface area contributed by atoms with E-state index in [9.17, 15) is 18.0 Å². The Labute approximate surface area is 115 Å². The van der Waals surface area contributed by atoms with E-state index in [1.54, 1.807) is 6.07 Å². The molecule has 0 bridgehead atoms. The Morgan fingerprint density at radius 2 is 1.90 bits per heavy atom. The number of hydrogen-bond acceptors (Lipinski definition) is 2. The molecule has 1 aromatic rings. The first kappa shape index (κ1) is 16.5. The quantitative estimate of drug-likeness (QED) is 0.827. The Balaban J connectivity index is 2.92. The molecule has 3 nitrogen and oxygen atoms in total. The van der Waals surface area contributed by atoms with E-state index >= 15 is 0 Å². The predicted octanol–water partition coefficient (Wildman–Crippen LogP) is 3.95. The van der Waals surface area contributed by atoms with Crippen molar-refractivity contribution in [1.82, 2.24) is 0 Å². The van der Waals surface area contributed by atoms with Gasteiger partial charge in [-0.2, -0.15) is 13.2 Å². The maximum Gasteiger partial charge on any atom is 0.418 e. The summed E-state index contributed by atoms with van der Waals surface area (Å²) in [5.74, 6) is -1.37. The van der Waals surface area contributed by atoms with E-state index < -0.39 is 24.4 Å². The maximum absolute atomic E-state index is 13.0. The van der Waals surface area contributed by atoms with E-state index in [4.69, 9.17) is 9.84 Å². The minimum Gasteiger partial charge on any atom is -0.479 e. The lowest BCUT2D eigenvalue weighted by atomic mass is 10.1. The van der Waals surface area contributed by atoms with E-state index in [2.05, 4.69) is 0 Å². The van der Waals surface area contributed by atoms with Crippen LogP contribution in [0.15, 0.2) is 30.3 Å². The molecule has 2 atom stereocenters. The monoisotopic (exact) mass is 290 g/mol. The number of carbonyl (C=O) groups is 1. The van der Waals surface area contributed by atoms with Gasteiger partial charge in [-0.25, -0.2) is 4.79 Å². The van der Waals surface area contributed by atoms with E-state index in [1.165, 1.54) is 24.3 Å². The average Bonchev–Trinajstić information content (AvgIpc) is 2.38. The van der Waals surface area contributed by atoms with Crippen LogP contribution in [0.2, 0.25) is 0 Å². The fourth-order valence-electron chi connectivity index (χ4n) is 1.78. The maximum atomic E-state index is 13.0. The second kappa shape index (κ2) is 7.28. The topological polar surface area (TPSA) is 46.5 Å². The van der Waals surface area contributed by atoms with Crippen LogP contribution in [0.4, 0.5) is 13.2 Å². The van der Waals surface area contributed by atoms with Crippen LogP contribution < -0.4 is 0 Å².